The van der Waals surface area contributed by atoms with Gasteiger partial charge in [0.05, 0.1) is 12.6 Å². The zero-order chi connectivity index (χ0) is 23.3. The summed E-state index contributed by atoms with van der Waals surface area (Å²) in [5.41, 5.74) is 7.72. The number of rotatable bonds is 12. The lowest BCUT2D eigenvalue weighted by atomic mass is 9.96. The number of likely N-dealkylation sites (tertiary alicyclic amines) is 1. The van der Waals surface area contributed by atoms with Crippen LogP contribution in [0, 0.1) is 12.8 Å². The number of piperidine rings is 1. The quantitative estimate of drug-likeness (QED) is 0.153. The number of carbonyl (C=O) groups excluding carboxylic acids is 1. The van der Waals surface area contributed by atoms with Gasteiger partial charge in [-0.15, -0.1) is 24.0 Å². The number of amides is 1. The molecule has 8 heteroatoms. The molecule has 0 aromatic heterocycles. The predicted molar refractivity (Wildman–Crippen MR) is 147 cm³/mol. The molecule has 4 N–H and O–H groups in total. The lowest BCUT2D eigenvalue weighted by Crippen LogP contribution is -2.39. The van der Waals surface area contributed by atoms with E-state index in [0.717, 1.165) is 82.1 Å². The van der Waals surface area contributed by atoms with Crippen LogP contribution in [-0.4, -0.2) is 55.6 Å². The molecule has 1 aliphatic heterocycles. The average molecular weight is 574 g/mol. The summed E-state index contributed by atoms with van der Waals surface area (Å²) in [5.74, 6) is 1.69. The molecule has 1 atom stereocenters. The number of nitrogens with zero attached hydrogens (tertiary/aromatic N) is 2. The average Bonchev–Trinajstić information content (AvgIpc) is 2.78. The number of carbonyl (C=O) groups is 1. The lowest BCUT2D eigenvalue weighted by molar-refractivity contribution is -0.123. The van der Waals surface area contributed by atoms with Crippen molar-refractivity contribution in [2.75, 3.05) is 32.7 Å². The van der Waals surface area contributed by atoms with Crippen molar-refractivity contribution in [1.82, 2.24) is 15.5 Å². The molecule has 33 heavy (non-hydrogen) atoms. The van der Waals surface area contributed by atoms with E-state index in [1.54, 1.807) is 0 Å². The molecule has 1 saturated heterocycles. The number of unbranched alkanes of at least 4 members (excludes halogenated alkanes) is 1. The van der Waals surface area contributed by atoms with Crippen molar-refractivity contribution in [1.29, 1.82) is 0 Å². The predicted octanol–water partition coefficient (Wildman–Crippen LogP) is 3.82. The SMILES string of the molecule is CCNC(=NCc1ccc(C)cc1OC(C)CC)NCCCCN1CCC(C(N)=O)CC1.I. The number of benzene rings is 1. The number of hydrogen-bond acceptors (Lipinski definition) is 4. The Labute approximate surface area is 217 Å². The van der Waals surface area contributed by atoms with Crippen LogP contribution in [-0.2, 0) is 11.3 Å². The first-order chi connectivity index (χ1) is 15.4. The van der Waals surface area contributed by atoms with Crippen LogP contribution in [0.25, 0.3) is 0 Å². The minimum absolute atomic E-state index is 0. The molecule has 1 heterocycles. The summed E-state index contributed by atoms with van der Waals surface area (Å²) in [4.78, 5) is 18.5. The van der Waals surface area contributed by atoms with Crippen LogP contribution in [0.3, 0.4) is 0 Å². The van der Waals surface area contributed by atoms with Gasteiger partial charge in [-0.05, 0) is 84.1 Å². The first kappa shape index (κ1) is 29.5. The summed E-state index contributed by atoms with van der Waals surface area (Å²) >= 11 is 0. The number of aryl methyl sites for hydroxylation is 1. The number of ether oxygens (including phenoxy) is 1. The number of aliphatic imine (C=N–C) groups is 1. The van der Waals surface area contributed by atoms with Crippen LogP contribution in [0.4, 0.5) is 0 Å². The monoisotopic (exact) mass is 573 g/mol. The van der Waals surface area contributed by atoms with E-state index in [9.17, 15) is 4.79 Å². The van der Waals surface area contributed by atoms with Gasteiger partial charge in [0.25, 0.3) is 0 Å². The van der Waals surface area contributed by atoms with Crippen LogP contribution >= 0.6 is 24.0 Å². The Morgan fingerprint density at radius 2 is 1.97 bits per heavy atom. The van der Waals surface area contributed by atoms with Crippen LogP contribution < -0.4 is 21.1 Å². The maximum Gasteiger partial charge on any atom is 0.220 e. The highest BCUT2D eigenvalue weighted by Gasteiger charge is 2.22. The van der Waals surface area contributed by atoms with Crippen molar-refractivity contribution in [3.8, 4) is 5.75 Å². The van der Waals surface area contributed by atoms with Crippen LogP contribution in [0.1, 0.15) is 64.0 Å². The fourth-order valence-corrected chi connectivity index (χ4v) is 3.82. The highest BCUT2D eigenvalue weighted by atomic mass is 127. The molecule has 2 rings (SSSR count). The molecule has 1 aliphatic rings. The van der Waals surface area contributed by atoms with E-state index < -0.39 is 0 Å². The van der Waals surface area contributed by atoms with E-state index in [1.165, 1.54) is 5.56 Å². The molecule has 1 fully saturated rings. The largest absolute Gasteiger partial charge is 0.490 e. The maximum absolute atomic E-state index is 11.3. The Kier molecular flexibility index (Phi) is 14.4. The first-order valence-corrected chi connectivity index (χ1v) is 12.2. The van der Waals surface area contributed by atoms with Gasteiger partial charge in [0.2, 0.25) is 5.91 Å². The van der Waals surface area contributed by atoms with Crippen molar-refractivity contribution in [2.45, 2.75) is 72.4 Å². The molecule has 0 saturated carbocycles. The smallest absolute Gasteiger partial charge is 0.220 e. The fourth-order valence-electron chi connectivity index (χ4n) is 3.82. The van der Waals surface area contributed by atoms with Gasteiger partial charge in [-0.1, -0.05) is 19.1 Å². The van der Waals surface area contributed by atoms with Gasteiger partial charge in [-0.2, -0.15) is 0 Å². The van der Waals surface area contributed by atoms with E-state index in [-0.39, 0.29) is 41.9 Å². The van der Waals surface area contributed by atoms with E-state index in [4.69, 9.17) is 15.5 Å². The molecule has 0 aliphatic carbocycles. The number of hydrogen-bond donors (Lipinski definition) is 3. The second-order valence-corrected chi connectivity index (χ2v) is 8.80. The summed E-state index contributed by atoms with van der Waals surface area (Å²) < 4.78 is 6.12. The van der Waals surface area contributed by atoms with Crippen molar-refractivity contribution >= 4 is 35.8 Å². The third-order valence-corrected chi connectivity index (χ3v) is 6.06. The molecular weight excluding hydrogens is 529 g/mol. The number of guanidine groups is 1. The molecular formula is C25H44IN5O2. The molecule has 7 nitrogen and oxygen atoms in total. The van der Waals surface area contributed by atoms with Crippen LogP contribution in [0.5, 0.6) is 5.75 Å². The summed E-state index contributed by atoms with van der Waals surface area (Å²) in [5, 5.41) is 6.79. The highest BCUT2D eigenvalue weighted by Crippen LogP contribution is 2.23. The Morgan fingerprint density at radius 1 is 1.24 bits per heavy atom. The number of nitrogens with two attached hydrogens (primary N) is 1. The minimum atomic E-state index is -0.145. The van der Waals surface area contributed by atoms with E-state index in [2.05, 4.69) is 61.4 Å². The zero-order valence-corrected chi connectivity index (χ0v) is 23.2. The molecule has 188 valence electrons. The van der Waals surface area contributed by atoms with E-state index in [0.29, 0.717) is 6.54 Å². The van der Waals surface area contributed by atoms with Crippen molar-refractivity contribution in [3.05, 3.63) is 29.3 Å². The van der Waals surface area contributed by atoms with Crippen LogP contribution in [0.15, 0.2) is 23.2 Å². The lowest BCUT2D eigenvalue weighted by Gasteiger charge is -2.30. The Balaban J connectivity index is 0.00000544. The normalized spacial score (nSPS) is 16.1. The van der Waals surface area contributed by atoms with Gasteiger partial charge in [0.1, 0.15) is 5.75 Å². The third-order valence-electron chi connectivity index (χ3n) is 6.06. The Morgan fingerprint density at radius 3 is 2.61 bits per heavy atom. The second-order valence-electron chi connectivity index (χ2n) is 8.80. The molecule has 0 radical (unpaired) electrons. The van der Waals surface area contributed by atoms with Gasteiger partial charge < -0.3 is 26.0 Å². The molecule has 1 amide bonds. The number of halogens is 1. The van der Waals surface area contributed by atoms with E-state index in [1.807, 2.05) is 0 Å². The van der Waals surface area contributed by atoms with Gasteiger partial charge in [-0.25, -0.2) is 4.99 Å². The topological polar surface area (TPSA) is 92.0 Å². The molecule has 1 unspecified atom stereocenters. The van der Waals surface area contributed by atoms with Crippen molar-refractivity contribution in [3.63, 3.8) is 0 Å². The second kappa shape index (κ2) is 16.1. The zero-order valence-electron chi connectivity index (χ0n) is 20.9. The van der Waals surface area contributed by atoms with Crippen LogP contribution in [0.2, 0.25) is 0 Å². The third kappa shape index (κ3) is 10.9. The Hall–Kier alpha value is -1.55. The van der Waals surface area contributed by atoms with Gasteiger partial charge in [0, 0.05) is 24.6 Å². The summed E-state index contributed by atoms with van der Waals surface area (Å²) in [6, 6.07) is 6.33. The first-order valence-electron chi connectivity index (χ1n) is 12.2. The number of nitrogens with one attached hydrogen (secondary N) is 2. The minimum Gasteiger partial charge on any atom is -0.490 e. The highest BCUT2D eigenvalue weighted by molar-refractivity contribution is 14.0. The van der Waals surface area contributed by atoms with E-state index >= 15 is 0 Å². The summed E-state index contributed by atoms with van der Waals surface area (Å²) in [7, 11) is 0. The summed E-state index contributed by atoms with van der Waals surface area (Å²) in [6.07, 6.45) is 5.15. The summed E-state index contributed by atoms with van der Waals surface area (Å²) in [6.45, 7) is 13.7. The van der Waals surface area contributed by atoms with Gasteiger partial charge in [0.15, 0.2) is 5.96 Å². The molecule has 0 bridgehead atoms. The Bertz CT molecular complexity index is 736. The van der Waals surface area contributed by atoms with Gasteiger partial charge in [-0.3, -0.25) is 4.79 Å². The van der Waals surface area contributed by atoms with Crippen molar-refractivity contribution in [2.24, 2.45) is 16.6 Å². The molecule has 0 spiro atoms. The molecule has 1 aromatic carbocycles. The standard InChI is InChI=1S/C25H43N5O2.HI/c1-5-20(4)32-23-17-19(3)9-10-22(23)18-29-25(27-6-2)28-13-7-8-14-30-15-11-21(12-16-30)24(26)31;/h9-10,17,20-21H,5-8,11-16,18H2,1-4H3,(H2,26,31)(H2,27,28,29);1H. The van der Waals surface area contributed by atoms with Gasteiger partial charge >= 0.3 is 0 Å². The maximum atomic E-state index is 11.3. The number of primary amides is 1. The molecule has 1 aromatic rings. The van der Waals surface area contributed by atoms with Crippen molar-refractivity contribution < 1.29 is 9.53 Å². The fraction of sp³-hybridized carbons (Fsp3) is 0.680.